The highest BCUT2D eigenvalue weighted by molar-refractivity contribution is 8.01. The van der Waals surface area contributed by atoms with Crippen LogP contribution in [0.25, 0.3) is 0 Å². The second-order valence-corrected chi connectivity index (χ2v) is 7.93. The molecule has 2 aliphatic heterocycles. The standard InChI is InChI=1S/C18H17FN2O3S/c19-15-5-2-6-20-16(15)24-14-8-18(25-9-14)10-21(11-18)17(23)12-3-1-4-13(22)7-12/h1-7,14,22H,8-11H2. The number of likely N-dealkylation sites (tertiary alicyclic amines) is 1. The quantitative estimate of drug-likeness (QED) is 0.912. The van der Waals surface area contributed by atoms with E-state index >= 15 is 0 Å². The van der Waals surface area contributed by atoms with Gasteiger partial charge in [0.25, 0.3) is 11.8 Å². The highest BCUT2D eigenvalue weighted by atomic mass is 32.2. The summed E-state index contributed by atoms with van der Waals surface area (Å²) in [6, 6.07) is 9.24. The molecule has 2 aromatic rings. The Hall–Kier alpha value is -2.28. The maximum Gasteiger partial charge on any atom is 0.254 e. The Morgan fingerprint density at radius 1 is 1.36 bits per heavy atom. The Bertz CT molecular complexity index is 810. The summed E-state index contributed by atoms with van der Waals surface area (Å²) in [7, 11) is 0. The highest BCUT2D eigenvalue weighted by Gasteiger charge is 2.51. The first-order valence-electron chi connectivity index (χ1n) is 8.04. The van der Waals surface area contributed by atoms with E-state index in [0.29, 0.717) is 18.7 Å². The van der Waals surface area contributed by atoms with Gasteiger partial charge in [-0.2, -0.15) is 0 Å². The molecule has 3 heterocycles. The smallest absolute Gasteiger partial charge is 0.254 e. The zero-order valence-electron chi connectivity index (χ0n) is 13.4. The number of hydrogen-bond donors (Lipinski definition) is 1. The minimum Gasteiger partial charge on any atom is -0.508 e. The van der Waals surface area contributed by atoms with Gasteiger partial charge >= 0.3 is 0 Å². The molecule has 0 aliphatic carbocycles. The number of thioether (sulfide) groups is 1. The third-order valence-electron chi connectivity index (χ3n) is 4.52. The molecule has 4 rings (SSSR count). The average molecular weight is 360 g/mol. The van der Waals surface area contributed by atoms with E-state index in [0.717, 1.165) is 12.2 Å². The van der Waals surface area contributed by atoms with Gasteiger partial charge in [-0.25, -0.2) is 9.37 Å². The molecule has 1 aromatic carbocycles. The lowest BCUT2D eigenvalue weighted by atomic mass is 9.92. The number of ether oxygens (including phenoxy) is 1. The molecule has 2 fully saturated rings. The minimum atomic E-state index is -0.456. The molecule has 130 valence electrons. The first kappa shape index (κ1) is 16.2. The van der Waals surface area contributed by atoms with Crippen molar-refractivity contribution in [2.24, 2.45) is 0 Å². The van der Waals surface area contributed by atoms with Gasteiger partial charge in [0.1, 0.15) is 11.9 Å². The summed E-state index contributed by atoms with van der Waals surface area (Å²) in [5, 5.41) is 9.51. The van der Waals surface area contributed by atoms with Crippen LogP contribution in [0.15, 0.2) is 42.6 Å². The number of aromatic hydroxyl groups is 1. The number of rotatable bonds is 3. The van der Waals surface area contributed by atoms with Crippen LogP contribution in [0, 0.1) is 5.82 Å². The minimum absolute atomic E-state index is 0.0254. The maximum atomic E-state index is 13.7. The van der Waals surface area contributed by atoms with Crippen molar-refractivity contribution in [1.82, 2.24) is 9.88 Å². The van der Waals surface area contributed by atoms with Gasteiger partial charge in [-0.15, -0.1) is 11.8 Å². The number of hydrogen-bond acceptors (Lipinski definition) is 5. The molecule has 2 saturated heterocycles. The Balaban J connectivity index is 1.36. The zero-order chi connectivity index (χ0) is 17.4. The van der Waals surface area contributed by atoms with Crippen molar-refractivity contribution in [3.05, 3.63) is 54.0 Å². The van der Waals surface area contributed by atoms with Crippen LogP contribution in [0.1, 0.15) is 16.8 Å². The summed E-state index contributed by atoms with van der Waals surface area (Å²) in [6.45, 7) is 1.27. The number of phenolic OH excluding ortho intramolecular Hbond substituents is 1. The SMILES string of the molecule is O=C(c1cccc(O)c1)N1CC2(CC(Oc3ncccc3F)CS2)C1. The number of nitrogens with zero attached hydrogens (tertiary/aromatic N) is 2. The second kappa shape index (κ2) is 6.22. The van der Waals surface area contributed by atoms with Gasteiger partial charge < -0.3 is 14.7 Å². The van der Waals surface area contributed by atoms with Gasteiger partial charge in [0.2, 0.25) is 0 Å². The van der Waals surface area contributed by atoms with Crippen LogP contribution >= 0.6 is 11.8 Å². The van der Waals surface area contributed by atoms with Gasteiger partial charge in [-0.05, 0) is 30.3 Å². The summed E-state index contributed by atoms with van der Waals surface area (Å²) in [5.74, 6) is 0.342. The van der Waals surface area contributed by atoms with Gasteiger partial charge in [-0.3, -0.25) is 4.79 Å². The molecule has 1 spiro atoms. The van der Waals surface area contributed by atoms with Crippen molar-refractivity contribution in [2.75, 3.05) is 18.8 Å². The lowest BCUT2D eigenvalue weighted by Crippen LogP contribution is -2.60. The molecular formula is C18H17FN2O3S. The first-order chi connectivity index (χ1) is 12.0. The molecule has 0 radical (unpaired) electrons. The van der Waals surface area contributed by atoms with Crippen molar-refractivity contribution in [2.45, 2.75) is 17.3 Å². The lowest BCUT2D eigenvalue weighted by molar-refractivity contribution is 0.0513. The zero-order valence-corrected chi connectivity index (χ0v) is 14.2. The van der Waals surface area contributed by atoms with Crippen molar-refractivity contribution in [3.8, 4) is 11.6 Å². The molecule has 7 heteroatoms. The molecule has 1 atom stereocenters. The highest BCUT2D eigenvalue weighted by Crippen LogP contribution is 2.46. The van der Waals surface area contributed by atoms with Crippen LogP contribution < -0.4 is 4.74 Å². The fourth-order valence-corrected chi connectivity index (χ4v) is 4.85. The van der Waals surface area contributed by atoms with Gasteiger partial charge in [-0.1, -0.05) is 6.07 Å². The van der Waals surface area contributed by atoms with E-state index in [4.69, 9.17) is 4.74 Å². The van der Waals surface area contributed by atoms with E-state index in [1.54, 1.807) is 34.9 Å². The molecule has 1 unspecified atom stereocenters. The Morgan fingerprint density at radius 2 is 2.20 bits per heavy atom. The molecule has 25 heavy (non-hydrogen) atoms. The Labute approximate surface area is 148 Å². The van der Waals surface area contributed by atoms with Crippen molar-refractivity contribution < 1.29 is 19.0 Å². The van der Waals surface area contributed by atoms with Crippen molar-refractivity contribution in [3.63, 3.8) is 0 Å². The predicted molar refractivity (Wildman–Crippen MR) is 92.4 cm³/mol. The van der Waals surface area contributed by atoms with Crippen LogP contribution in [0.2, 0.25) is 0 Å². The van der Waals surface area contributed by atoms with Crippen LogP contribution in [-0.2, 0) is 0 Å². The Morgan fingerprint density at radius 3 is 2.96 bits per heavy atom. The number of carbonyl (C=O) groups is 1. The van der Waals surface area contributed by atoms with E-state index in [9.17, 15) is 14.3 Å². The Kier molecular flexibility index (Phi) is 4.03. The molecule has 1 amide bonds. The second-order valence-electron chi connectivity index (χ2n) is 6.44. The average Bonchev–Trinajstić information content (AvgIpc) is 2.99. The summed E-state index contributed by atoms with van der Waals surface area (Å²) in [4.78, 5) is 18.2. The fraction of sp³-hybridized carbons (Fsp3) is 0.333. The van der Waals surface area contributed by atoms with Crippen LogP contribution in [-0.4, -0.2) is 50.6 Å². The van der Waals surface area contributed by atoms with E-state index in [1.807, 2.05) is 0 Å². The lowest BCUT2D eigenvalue weighted by Gasteiger charge is -2.47. The number of halogens is 1. The number of benzene rings is 1. The van der Waals surface area contributed by atoms with E-state index < -0.39 is 5.82 Å². The van der Waals surface area contributed by atoms with Gasteiger partial charge in [0.05, 0.1) is 4.75 Å². The van der Waals surface area contributed by atoms with E-state index in [2.05, 4.69) is 4.98 Å². The summed E-state index contributed by atoms with van der Waals surface area (Å²) in [5.41, 5.74) is 0.487. The number of phenols is 1. The number of aromatic nitrogens is 1. The fourth-order valence-electron chi connectivity index (χ4n) is 3.33. The van der Waals surface area contributed by atoms with Gasteiger partial charge in [0, 0.05) is 37.0 Å². The third-order valence-corrected chi connectivity index (χ3v) is 6.09. The van der Waals surface area contributed by atoms with Crippen LogP contribution in [0.5, 0.6) is 11.6 Å². The topological polar surface area (TPSA) is 62.7 Å². The number of carbonyl (C=O) groups excluding carboxylic acids is 1. The van der Waals surface area contributed by atoms with Crippen molar-refractivity contribution >= 4 is 17.7 Å². The first-order valence-corrected chi connectivity index (χ1v) is 9.03. The monoisotopic (exact) mass is 360 g/mol. The normalized spacial score (nSPS) is 21.2. The van der Waals surface area contributed by atoms with Crippen LogP contribution in [0.3, 0.4) is 0 Å². The molecule has 0 bridgehead atoms. The molecule has 5 nitrogen and oxygen atoms in total. The molecule has 2 aliphatic rings. The molecule has 1 N–H and O–H groups in total. The summed E-state index contributed by atoms with van der Waals surface area (Å²) >= 11 is 1.77. The third kappa shape index (κ3) is 3.16. The van der Waals surface area contributed by atoms with Gasteiger partial charge in [0.15, 0.2) is 5.82 Å². The largest absolute Gasteiger partial charge is 0.508 e. The maximum absolute atomic E-state index is 13.7. The molecule has 1 aromatic heterocycles. The summed E-state index contributed by atoms with van der Waals surface area (Å²) < 4.78 is 19.3. The molecular weight excluding hydrogens is 343 g/mol. The summed E-state index contributed by atoms with van der Waals surface area (Å²) in [6.07, 6.45) is 2.17. The number of pyridine rings is 1. The van der Waals surface area contributed by atoms with Crippen LogP contribution in [0.4, 0.5) is 4.39 Å². The van der Waals surface area contributed by atoms with Crippen molar-refractivity contribution in [1.29, 1.82) is 0 Å². The van der Waals surface area contributed by atoms with E-state index in [1.165, 1.54) is 24.4 Å². The van der Waals surface area contributed by atoms with E-state index in [-0.39, 0.29) is 28.4 Å². The number of amides is 1. The molecule has 0 saturated carbocycles. The predicted octanol–water partition coefficient (Wildman–Crippen LogP) is 2.71.